The van der Waals surface area contributed by atoms with Crippen molar-refractivity contribution >= 4 is 11.8 Å². The van der Waals surface area contributed by atoms with Crippen LogP contribution in [0, 0.1) is 40.9 Å². The van der Waals surface area contributed by atoms with E-state index in [0.29, 0.717) is 48.9 Å². The van der Waals surface area contributed by atoms with Crippen LogP contribution in [0.1, 0.15) is 97.0 Å². The maximum Gasteiger partial charge on any atom is 0.306 e. The highest BCUT2D eigenvalue weighted by Gasteiger charge is 2.56. The molecule has 0 saturated heterocycles. The van der Waals surface area contributed by atoms with Crippen molar-refractivity contribution in [2.45, 2.75) is 104 Å². The number of esters is 1. The maximum absolute atomic E-state index is 13.6. The highest BCUT2D eigenvalue weighted by molar-refractivity contribution is 5.82. The van der Waals surface area contributed by atoms with Gasteiger partial charge in [-0.3, -0.25) is 9.59 Å². The first-order valence-electron chi connectivity index (χ1n) is 14.2. The Morgan fingerprint density at radius 3 is 2.69 bits per heavy atom. The van der Waals surface area contributed by atoms with Crippen LogP contribution in [0.5, 0.6) is 0 Å². The number of carbonyl (C=O) groups excluding carboxylic acids is 2. The van der Waals surface area contributed by atoms with Crippen LogP contribution in [0.3, 0.4) is 0 Å². The molecule has 0 radical (unpaired) electrons. The summed E-state index contributed by atoms with van der Waals surface area (Å²) in [6.45, 7) is 7.25. The Morgan fingerprint density at radius 1 is 1.14 bits per heavy atom. The SMILES string of the molecule is C[C@@H]1CC(=O)C2C(CCC[C@@H](O)C1)CC[C@@]1(C)C2CCC1[C@H](C)CCC(=O)OCc1ccccc1. The van der Waals surface area contributed by atoms with E-state index in [9.17, 15) is 14.7 Å². The number of ketones is 1. The van der Waals surface area contributed by atoms with Crippen LogP contribution in [0.15, 0.2) is 30.3 Å². The quantitative estimate of drug-likeness (QED) is 0.456. The van der Waals surface area contributed by atoms with E-state index in [2.05, 4.69) is 20.8 Å². The van der Waals surface area contributed by atoms with Crippen LogP contribution in [0.2, 0.25) is 0 Å². The number of Topliss-reactive ketones (excluding diaryl/α,β-unsaturated/α-hetero) is 1. The maximum atomic E-state index is 13.6. The highest BCUT2D eigenvalue weighted by atomic mass is 16.5. The second-order valence-electron chi connectivity index (χ2n) is 12.4. The zero-order chi connectivity index (χ0) is 25.0. The number of aliphatic hydroxyl groups excluding tert-OH is 1. The van der Waals surface area contributed by atoms with Crippen LogP contribution in [0.25, 0.3) is 0 Å². The largest absolute Gasteiger partial charge is 0.461 e. The van der Waals surface area contributed by atoms with Crippen molar-refractivity contribution in [2.24, 2.45) is 40.9 Å². The van der Waals surface area contributed by atoms with Crippen molar-refractivity contribution in [3.8, 4) is 0 Å². The van der Waals surface area contributed by atoms with E-state index in [1.54, 1.807) is 0 Å². The monoisotopic (exact) mass is 482 g/mol. The van der Waals surface area contributed by atoms with Gasteiger partial charge in [-0.25, -0.2) is 0 Å². The lowest BCUT2D eigenvalue weighted by molar-refractivity contribution is -0.145. The van der Waals surface area contributed by atoms with Crippen molar-refractivity contribution in [3.05, 3.63) is 35.9 Å². The Balaban J connectivity index is 1.36. The summed E-state index contributed by atoms with van der Waals surface area (Å²) in [4.78, 5) is 26.0. The lowest BCUT2D eigenvalue weighted by Crippen LogP contribution is -2.46. The standard InChI is InChI=1S/C31H46O4/c1-21-18-25(32)11-7-10-24-16-17-31(3)26(13-14-27(31)30(24)28(33)19-21)22(2)12-15-29(34)35-20-23-8-5-4-6-9-23/h4-6,8-9,21-22,24-27,30,32H,7,10-20H2,1-3H3/t21-,22+,24?,25+,26?,27?,30?,31+/m0/s1. The first-order chi connectivity index (χ1) is 16.8. The van der Waals surface area contributed by atoms with Gasteiger partial charge in [-0.15, -0.1) is 0 Å². The van der Waals surface area contributed by atoms with Gasteiger partial charge in [-0.2, -0.15) is 0 Å². The summed E-state index contributed by atoms with van der Waals surface area (Å²) >= 11 is 0. The number of fused-ring (bicyclic) bond motifs is 3. The molecule has 3 saturated carbocycles. The van der Waals surface area contributed by atoms with Crippen molar-refractivity contribution in [3.63, 3.8) is 0 Å². The van der Waals surface area contributed by atoms with Gasteiger partial charge in [0.15, 0.2) is 0 Å². The smallest absolute Gasteiger partial charge is 0.306 e. The first kappa shape index (κ1) is 26.4. The normalized spacial score (nSPS) is 36.6. The molecule has 1 aromatic rings. The minimum absolute atomic E-state index is 0.109. The summed E-state index contributed by atoms with van der Waals surface area (Å²) in [5, 5.41) is 10.3. The molecule has 0 aromatic heterocycles. The van der Waals surface area contributed by atoms with Crippen molar-refractivity contribution in [2.75, 3.05) is 0 Å². The number of hydrogen-bond acceptors (Lipinski definition) is 4. The van der Waals surface area contributed by atoms with Gasteiger partial charge < -0.3 is 9.84 Å². The molecule has 3 aliphatic carbocycles. The van der Waals surface area contributed by atoms with Crippen molar-refractivity contribution in [1.82, 2.24) is 0 Å². The van der Waals surface area contributed by atoms with Crippen LogP contribution in [0.4, 0.5) is 0 Å². The third-order valence-electron chi connectivity index (χ3n) is 9.92. The molecule has 4 nitrogen and oxygen atoms in total. The van der Waals surface area contributed by atoms with E-state index in [-0.39, 0.29) is 29.3 Å². The molecule has 4 unspecified atom stereocenters. The Morgan fingerprint density at radius 2 is 1.91 bits per heavy atom. The first-order valence-corrected chi connectivity index (χ1v) is 14.2. The average molecular weight is 483 g/mol. The molecule has 35 heavy (non-hydrogen) atoms. The Bertz CT molecular complexity index is 851. The third kappa shape index (κ3) is 6.18. The molecule has 0 amide bonds. The van der Waals surface area contributed by atoms with E-state index < -0.39 is 0 Å². The van der Waals surface area contributed by atoms with Gasteiger partial charge in [0.1, 0.15) is 12.4 Å². The minimum atomic E-state index is -0.251. The number of aliphatic hydroxyl groups is 1. The van der Waals surface area contributed by atoms with Crippen LogP contribution >= 0.6 is 0 Å². The Kier molecular flexibility index (Phi) is 8.73. The predicted molar refractivity (Wildman–Crippen MR) is 138 cm³/mol. The number of rotatable bonds is 6. The summed E-state index contributed by atoms with van der Waals surface area (Å²) in [6.07, 6.45) is 10.1. The topological polar surface area (TPSA) is 63.6 Å². The van der Waals surface area contributed by atoms with E-state index in [1.807, 2.05) is 30.3 Å². The van der Waals surface area contributed by atoms with E-state index >= 15 is 0 Å². The molecule has 1 aromatic carbocycles. The van der Waals surface area contributed by atoms with Crippen LogP contribution in [-0.2, 0) is 20.9 Å². The Hall–Kier alpha value is -1.68. The van der Waals surface area contributed by atoms with Gasteiger partial charge in [-0.1, -0.05) is 57.5 Å². The van der Waals surface area contributed by atoms with Gasteiger partial charge in [0.25, 0.3) is 0 Å². The molecule has 8 atom stereocenters. The summed E-state index contributed by atoms with van der Waals surface area (Å²) in [5.41, 5.74) is 1.22. The molecule has 0 spiro atoms. The van der Waals surface area contributed by atoms with Gasteiger partial charge >= 0.3 is 5.97 Å². The highest BCUT2D eigenvalue weighted by Crippen LogP contribution is 2.62. The van der Waals surface area contributed by atoms with Gasteiger partial charge in [0.2, 0.25) is 0 Å². The number of hydrogen-bond donors (Lipinski definition) is 1. The lowest BCUT2D eigenvalue weighted by Gasteiger charge is -2.50. The fourth-order valence-corrected chi connectivity index (χ4v) is 8.12. The van der Waals surface area contributed by atoms with Crippen molar-refractivity contribution < 1.29 is 19.4 Å². The number of benzene rings is 1. The fraction of sp³-hybridized carbons (Fsp3) is 0.742. The molecule has 3 aliphatic rings. The molecule has 0 aliphatic heterocycles. The fourth-order valence-electron chi connectivity index (χ4n) is 8.12. The van der Waals surface area contributed by atoms with Gasteiger partial charge in [0, 0.05) is 18.8 Å². The summed E-state index contributed by atoms with van der Waals surface area (Å²) < 4.78 is 5.52. The second kappa shape index (κ2) is 11.6. The lowest BCUT2D eigenvalue weighted by atomic mass is 9.54. The molecule has 4 rings (SSSR count). The average Bonchev–Trinajstić information content (AvgIpc) is 3.18. The molecule has 3 fully saturated rings. The van der Waals surface area contributed by atoms with E-state index in [0.717, 1.165) is 50.5 Å². The summed E-state index contributed by atoms with van der Waals surface area (Å²) in [6, 6.07) is 9.86. The zero-order valence-corrected chi connectivity index (χ0v) is 22.1. The molecule has 4 heteroatoms. The molecule has 1 N–H and O–H groups in total. The summed E-state index contributed by atoms with van der Waals surface area (Å²) in [5.74, 6) is 2.80. The Labute approximate surface area is 212 Å². The van der Waals surface area contributed by atoms with Crippen LogP contribution in [-0.4, -0.2) is 23.0 Å². The van der Waals surface area contributed by atoms with Crippen LogP contribution < -0.4 is 0 Å². The number of carbonyl (C=O) groups is 2. The second-order valence-corrected chi connectivity index (χ2v) is 12.4. The predicted octanol–water partition coefficient (Wildman–Crippen LogP) is 6.74. The molecular weight excluding hydrogens is 436 g/mol. The zero-order valence-electron chi connectivity index (χ0n) is 22.1. The molecule has 0 heterocycles. The van der Waals surface area contributed by atoms with Gasteiger partial charge in [0.05, 0.1) is 6.10 Å². The third-order valence-corrected chi connectivity index (χ3v) is 9.92. The molecular formula is C31H46O4. The van der Waals surface area contributed by atoms with E-state index in [1.165, 1.54) is 12.8 Å². The molecule has 194 valence electrons. The number of ether oxygens (including phenoxy) is 1. The van der Waals surface area contributed by atoms with Gasteiger partial charge in [-0.05, 0) is 91.9 Å². The van der Waals surface area contributed by atoms with Crippen molar-refractivity contribution in [1.29, 1.82) is 0 Å². The minimum Gasteiger partial charge on any atom is -0.461 e. The summed E-state index contributed by atoms with van der Waals surface area (Å²) in [7, 11) is 0. The molecule has 0 bridgehead atoms. The van der Waals surface area contributed by atoms with E-state index in [4.69, 9.17) is 4.74 Å².